The lowest BCUT2D eigenvalue weighted by Gasteiger charge is -1.87. The van der Waals surface area contributed by atoms with Crippen LogP contribution in [0.1, 0.15) is 0 Å². The second-order valence-corrected chi connectivity index (χ2v) is 3.64. The van der Waals surface area contributed by atoms with Crippen molar-refractivity contribution in [2.45, 2.75) is 0 Å². The molecule has 0 aliphatic carbocycles. The van der Waals surface area contributed by atoms with Crippen LogP contribution in [0, 0.1) is 0 Å². The highest BCUT2D eigenvalue weighted by Gasteiger charge is 1.91. The van der Waals surface area contributed by atoms with Crippen LogP contribution in [0.3, 0.4) is 0 Å². The van der Waals surface area contributed by atoms with Gasteiger partial charge in [-0.15, -0.1) is 0 Å². The third-order valence-electron chi connectivity index (χ3n) is 1.35. The summed E-state index contributed by atoms with van der Waals surface area (Å²) in [4.78, 5) is 7.47. The Hall–Kier alpha value is -0.830. The lowest BCUT2D eigenvalue weighted by molar-refractivity contribution is 1.33. The van der Waals surface area contributed by atoms with E-state index in [-0.39, 0.29) is 0 Å². The maximum absolute atomic E-state index is 5.51. The maximum Gasteiger partial charge on any atom is 0.147 e. The molecule has 0 amide bonds. The van der Waals surface area contributed by atoms with Gasteiger partial charge in [-0.25, -0.2) is 4.98 Å². The molecule has 0 aliphatic rings. The zero-order valence-corrected chi connectivity index (χ0v) is 9.84. The number of nitrogens with zero attached hydrogens (tertiary/aromatic N) is 2. The fourth-order valence-electron chi connectivity index (χ4n) is 0.700. The van der Waals surface area contributed by atoms with Gasteiger partial charge >= 0.3 is 0 Å². The molecule has 0 unspecified atom stereocenters. The minimum atomic E-state index is 0.356. The molecule has 2 aromatic heterocycles. The molecule has 0 spiro atoms. The average Bonchev–Trinajstić information content (AvgIpc) is 2.25. The smallest absolute Gasteiger partial charge is 0.147 e. The van der Waals surface area contributed by atoms with Gasteiger partial charge in [-0.1, -0.05) is 34.8 Å². The maximum atomic E-state index is 5.51. The predicted molar refractivity (Wildman–Crippen MR) is 63.5 cm³/mol. The minimum Gasteiger partial charge on any atom is -0.265 e. The molecule has 0 radical (unpaired) electrons. The van der Waals surface area contributed by atoms with Gasteiger partial charge < -0.3 is 0 Å². The van der Waals surface area contributed by atoms with Crippen molar-refractivity contribution in [2.75, 3.05) is 0 Å². The monoisotopic (exact) mass is 260 g/mol. The molecule has 0 fully saturated rings. The van der Waals surface area contributed by atoms with E-state index in [0.29, 0.717) is 10.2 Å². The third kappa shape index (κ3) is 4.98. The summed E-state index contributed by atoms with van der Waals surface area (Å²) in [7, 11) is 0. The first kappa shape index (κ1) is 12.2. The van der Waals surface area contributed by atoms with E-state index in [0.717, 1.165) is 5.02 Å². The lowest BCUT2D eigenvalue weighted by Crippen LogP contribution is -1.70. The molecule has 2 aromatic rings. The SMILES string of the molecule is Clc1cccnc1Cl.Clc1ccncc1. The van der Waals surface area contributed by atoms with E-state index in [1.165, 1.54) is 0 Å². The first-order chi connectivity index (χ1) is 7.20. The number of hydrogen-bond donors (Lipinski definition) is 0. The molecule has 15 heavy (non-hydrogen) atoms. The molecule has 5 heteroatoms. The van der Waals surface area contributed by atoms with Gasteiger partial charge in [0.15, 0.2) is 0 Å². The van der Waals surface area contributed by atoms with E-state index in [1.54, 1.807) is 42.9 Å². The Morgan fingerprint density at radius 1 is 0.867 bits per heavy atom. The number of hydrogen-bond acceptors (Lipinski definition) is 2. The second kappa shape index (κ2) is 6.62. The third-order valence-corrected chi connectivity index (χ3v) is 2.31. The van der Waals surface area contributed by atoms with Crippen molar-refractivity contribution in [2.24, 2.45) is 0 Å². The van der Waals surface area contributed by atoms with E-state index in [4.69, 9.17) is 34.8 Å². The van der Waals surface area contributed by atoms with Crippen molar-refractivity contribution >= 4 is 34.8 Å². The van der Waals surface area contributed by atoms with Crippen LogP contribution in [0.15, 0.2) is 42.9 Å². The molecule has 2 nitrogen and oxygen atoms in total. The Balaban J connectivity index is 0.000000151. The van der Waals surface area contributed by atoms with E-state index >= 15 is 0 Å². The van der Waals surface area contributed by atoms with Gasteiger partial charge in [0.25, 0.3) is 0 Å². The van der Waals surface area contributed by atoms with Crippen molar-refractivity contribution in [3.8, 4) is 0 Å². The fourth-order valence-corrected chi connectivity index (χ4v) is 1.05. The summed E-state index contributed by atoms with van der Waals surface area (Å²) in [5.74, 6) is 0. The van der Waals surface area contributed by atoms with Crippen LogP contribution in [0.4, 0.5) is 0 Å². The molecular weight excluding hydrogens is 254 g/mol. The van der Waals surface area contributed by atoms with Crippen LogP contribution in [-0.4, -0.2) is 9.97 Å². The van der Waals surface area contributed by atoms with Crippen molar-refractivity contribution in [3.63, 3.8) is 0 Å². The zero-order chi connectivity index (χ0) is 11.1. The first-order valence-electron chi connectivity index (χ1n) is 4.01. The normalized spacial score (nSPS) is 9.00. The van der Waals surface area contributed by atoms with Gasteiger partial charge in [0.1, 0.15) is 5.15 Å². The molecule has 0 aromatic carbocycles. The van der Waals surface area contributed by atoms with Crippen LogP contribution in [0.2, 0.25) is 15.2 Å². The molecular formula is C10H7Cl3N2. The van der Waals surface area contributed by atoms with E-state index in [1.807, 2.05) is 0 Å². The quantitative estimate of drug-likeness (QED) is 0.667. The Bertz CT molecular complexity index is 385. The summed E-state index contributed by atoms with van der Waals surface area (Å²) in [6, 6.07) is 6.90. The minimum absolute atomic E-state index is 0.356. The number of rotatable bonds is 0. The summed E-state index contributed by atoms with van der Waals surface area (Å²) < 4.78 is 0. The molecule has 2 heterocycles. The van der Waals surface area contributed by atoms with Crippen LogP contribution in [0.25, 0.3) is 0 Å². The van der Waals surface area contributed by atoms with Gasteiger partial charge in [-0.2, -0.15) is 0 Å². The van der Waals surface area contributed by atoms with Crippen molar-refractivity contribution < 1.29 is 0 Å². The highest BCUT2D eigenvalue weighted by Crippen LogP contribution is 2.16. The molecule has 78 valence electrons. The zero-order valence-electron chi connectivity index (χ0n) is 7.57. The van der Waals surface area contributed by atoms with Gasteiger partial charge in [-0.3, -0.25) is 4.98 Å². The summed E-state index contributed by atoms with van der Waals surface area (Å²) >= 11 is 16.5. The predicted octanol–water partition coefficient (Wildman–Crippen LogP) is 4.12. The molecule has 0 N–H and O–H groups in total. The summed E-state index contributed by atoms with van der Waals surface area (Å²) in [5, 5.41) is 1.58. The van der Waals surface area contributed by atoms with E-state index < -0.39 is 0 Å². The Kier molecular flexibility index (Phi) is 5.40. The van der Waals surface area contributed by atoms with E-state index in [2.05, 4.69) is 9.97 Å². The van der Waals surface area contributed by atoms with Crippen molar-refractivity contribution in [1.29, 1.82) is 0 Å². The Morgan fingerprint density at radius 3 is 1.87 bits per heavy atom. The summed E-state index contributed by atoms with van der Waals surface area (Å²) in [6.07, 6.45) is 4.90. The summed E-state index contributed by atoms with van der Waals surface area (Å²) in [5.41, 5.74) is 0. The molecule has 0 bridgehead atoms. The number of aromatic nitrogens is 2. The Labute approximate surface area is 103 Å². The summed E-state index contributed by atoms with van der Waals surface area (Å²) in [6.45, 7) is 0. The van der Waals surface area contributed by atoms with Crippen LogP contribution in [-0.2, 0) is 0 Å². The fraction of sp³-hybridized carbons (Fsp3) is 0. The van der Waals surface area contributed by atoms with Gasteiger partial charge in [-0.05, 0) is 24.3 Å². The molecule has 0 aliphatic heterocycles. The standard InChI is InChI=1S/C5H3Cl2N.C5H4ClN/c6-4-2-1-3-8-5(4)7;6-5-1-3-7-4-2-5/h1-3H;1-4H. The largest absolute Gasteiger partial charge is 0.265 e. The highest BCUT2D eigenvalue weighted by molar-refractivity contribution is 6.41. The number of halogens is 3. The Morgan fingerprint density at radius 2 is 1.53 bits per heavy atom. The first-order valence-corrected chi connectivity index (χ1v) is 5.15. The number of pyridine rings is 2. The highest BCUT2D eigenvalue weighted by atomic mass is 35.5. The van der Waals surface area contributed by atoms with E-state index in [9.17, 15) is 0 Å². The van der Waals surface area contributed by atoms with Gasteiger partial charge in [0, 0.05) is 23.6 Å². The topological polar surface area (TPSA) is 25.8 Å². The van der Waals surface area contributed by atoms with Crippen LogP contribution in [0.5, 0.6) is 0 Å². The average molecular weight is 262 g/mol. The van der Waals surface area contributed by atoms with Crippen molar-refractivity contribution in [3.05, 3.63) is 58.1 Å². The van der Waals surface area contributed by atoms with Crippen molar-refractivity contribution in [1.82, 2.24) is 9.97 Å². The van der Waals surface area contributed by atoms with Gasteiger partial charge in [0.2, 0.25) is 0 Å². The molecule has 0 atom stereocenters. The molecule has 2 rings (SSSR count). The molecule has 0 saturated carbocycles. The second-order valence-electron chi connectivity index (χ2n) is 2.44. The molecule has 0 saturated heterocycles. The van der Waals surface area contributed by atoms with Crippen LogP contribution >= 0.6 is 34.8 Å². The lowest BCUT2D eigenvalue weighted by atomic mass is 10.5. The van der Waals surface area contributed by atoms with Gasteiger partial charge in [0.05, 0.1) is 5.02 Å². The van der Waals surface area contributed by atoms with Crippen LogP contribution < -0.4 is 0 Å².